The first-order valence-corrected chi connectivity index (χ1v) is 6.95. The van der Waals surface area contributed by atoms with E-state index >= 15 is 0 Å². The molecule has 0 N–H and O–H groups in total. The standard InChI is InChI=1S/C15H26O/c1-14-11-9-7-5-3-2-4-6-8-10-12-15(16)13-14/h7,9,14H,2-6,8,10-13H2,1H3/t14-/m1/s1. The van der Waals surface area contributed by atoms with Crippen LogP contribution in [0.3, 0.4) is 0 Å². The molecule has 1 rings (SSSR count). The molecule has 0 aromatic heterocycles. The van der Waals surface area contributed by atoms with E-state index in [0.29, 0.717) is 11.7 Å². The fourth-order valence-electron chi connectivity index (χ4n) is 2.31. The minimum atomic E-state index is 0.470. The molecule has 0 bridgehead atoms. The second-order valence-corrected chi connectivity index (χ2v) is 5.22. The first-order chi connectivity index (χ1) is 7.79. The average molecular weight is 222 g/mol. The van der Waals surface area contributed by atoms with E-state index in [1.165, 1.54) is 38.5 Å². The summed E-state index contributed by atoms with van der Waals surface area (Å²) in [5, 5.41) is 0. The topological polar surface area (TPSA) is 17.1 Å². The van der Waals surface area contributed by atoms with E-state index in [0.717, 1.165) is 25.7 Å². The van der Waals surface area contributed by atoms with E-state index in [-0.39, 0.29) is 0 Å². The molecule has 0 heterocycles. The van der Waals surface area contributed by atoms with E-state index in [4.69, 9.17) is 0 Å². The maximum Gasteiger partial charge on any atom is 0.133 e. The molecular weight excluding hydrogens is 196 g/mol. The maximum atomic E-state index is 11.6. The lowest BCUT2D eigenvalue weighted by Gasteiger charge is -2.08. The molecule has 1 atom stereocenters. The number of allylic oxidation sites excluding steroid dienone is 2. The number of ketones is 1. The maximum absolute atomic E-state index is 11.6. The van der Waals surface area contributed by atoms with Gasteiger partial charge in [0.25, 0.3) is 0 Å². The van der Waals surface area contributed by atoms with Gasteiger partial charge in [0.15, 0.2) is 0 Å². The third-order valence-corrected chi connectivity index (χ3v) is 3.36. The van der Waals surface area contributed by atoms with Crippen LogP contribution in [-0.4, -0.2) is 5.78 Å². The fourth-order valence-corrected chi connectivity index (χ4v) is 2.31. The molecule has 16 heavy (non-hydrogen) atoms. The van der Waals surface area contributed by atoms with Crippen LogP contribution in [0.2, 0.25) is 0 Å². The summed E-state index contributed by atoms with van der Waals surface area (Å²) in [5.41, 5.74) is 0. The SMILES string of the molecule is C[C@@H]1CC=CCCCCCCCCC(=O)C1. The predicted molar refractivity (Wildman–Crippen MR) is 69.5 cm³/mol. The van der Waals surface area contributed by atoms with Crippen LogP contribution in [0.25, 0.3) is 0 Å². The highest BCUT2D eigenvalue weighted by atomic mass is 16.1. The molecule has 1 nitrogen and oxygen atoms in total. The molecule has 0 radical (unpaired) electrons. The van der Waals surface area contributed by atoms with Crippen LogP contribution in [0.4, 0.5) is 0 Å². The van der Waals surface area contributed by atoms with E-state index in [1.807, 2.05) is 0 Å². The van der Waals surface area contributed by atoms with Crippen LogP contribution in [0.1, 0.15) is 71.1 Å². The highest BCUT2D eigenvalue weighted by Gasteiger charge is 2.07. The Kier molecular flexibility index (Phi) is 7.20. The molecule has 0 unspecified atom stereocenters. The number of carbonyl (C=O) groups excluding carboxylic acids is 1. The monoisotopic (exact) mass is 222 g/mol. The first-order valence-electron chi connectivity index (χ1n) is 6.95. The number of rotatable bonds is 0. The molecule has 0 saturated carbocycles. The minimum absolute atomic E-state index is 0.470. The van der Waals surface area contributed by atoms with Gasteiger partial charge in [-0.2, -0.15) is 0 Å². The van der Waals surface area contributed by atoms with Crippen molar-refractivity contribution in [3.63, 3.8) is 0 Å². The second-order valence-electron chi connectivity index (χ2n) is 5.22. The molecule has 1 heteroatoms. The van der Waals surface area contributed by atoms with E-state index in [1.54, 1.807) is 0 Å². The summed E-state index contributed by atoms with van der Waals surface area (Å²) in [4.78, 5) is 11.6. The quantitative estimate of drug-likeness (QED) is 0.545. The van der Waals surface area contributed by atoms with E-state index < -0.39 is 0 Å². The Balaban J connectivity index is 2.33. The molecule has 0 aromatic carbocycles. The molecule has 0 amide bonds. The van der Waals surface area contributed by atoms with Crippen molar-refractivity contribution in [2.45, 2.75) is 71.1 Å². The predicted octanol–water partition coefficient (Wildman–Crippen LogP) is 4.66. The van der Waals surface area contributed by atoms with Crippen molar-refractivity contribution >= 4 is 5.78 Å². The molecule has 1 aliphatic carbocycles. The van der Waals surface area contributed by atoms with Gasteiger partial charge in [0.2, 0.25) is 0 Å². The van der Waals surface area contributed by atoms with Crippen LogP contribution < -0.4 is 0 Å². The summed E-state index contributed by atoms with van der Waals surface area (Å²) >= 11 is 0. The molecule has 0 aliphatic heterocycles. The Morgan fingerprint density at radius 3 is 2.50 bits per heavy atom. The molecule has 92 valence electrons. The van der Waals surface area contributed by atoms with Gasteiger partial charge < -0.3 is 0 Å². The number of hydrogen-bond donors (Lipinski definition) is 0. The zero-order valence-electron chi connectivity index (χ0n) is 10.7. The third kappa shape index (κ3) is 6.81. The molecule has 0 aromatic rings. The Morgan fingerprint density at radius 1 is 1.00 bits per heavy atom. The first kappa shape index (κ1) is 13.5. The molecular formula is C15H26O. The number of Topliss-reactive ketones (excluding diaryl/α,β-unsaturated/α-hetero) is 1. The zero-order chi connectivity index (χ0) is 11.6. The van der Waals surface area contributed by atoms with Crippen LogP contribution in [0.15, 0.2) is 12.2 Å². The molecule has 0 fully saturated rings. The largest absolute Gasteiger partial charge is 0.300 e. The summed E-state index contributed by atoms with van der Waals surface area (Å²) in [6, 6.07) is 0. The van der Waals surface area contributed by atoms with Gasteiger partial charge in [0.05, 0.1) is 0 Å². The van der Waals surface area contributed by atoms with Gasteiger partial charge in [0.1, 0.15) is 5.78 Å². The van der Waals surface area contributed by atoms with Crippen molar-refractivity contribution in [2.75, 3.05) is 0 Å². The summed E-state index contributed by atoms with van der Waals surface area (Å²) in [5.74, 6) is 1.00. The van der Waals surface area contributed by atoms with Crippen molar-refractivity contribution in [3.8, 4) is 0 Å². The van der Waals surface area contributed by atoms with Gasteiger partial charge in [-0.05, 0) is 31.6 Å². The van der Waals surface area contributed by atoms with Crippen LogP contribution in [0.5, 0.6) is 0 Å². The van der Waals surface area contributed by atoms with Crippen molar-refractivity contribution < 1.29 is 4.79 Å². The Labute approximate surface area is 100 Å². The van der Waals surface area contributed by atoms with Gasteiger partial charge in [0, 0.05) is 12.8 Å². The Hall–Kier alpha value is -0.590. The van der Waals surface area contributed by atoms with Crippen LogP contribution in [0, 0.1) is 5.92 Å². The Morgan fingerprint density at radius 2 is 1.69 bits per heavy atom. The van der Waals surface area contributed by atoms with Crippen molar-refractivity contribution in [3.05, 3.63) is 12.2 Å². The highest BCUT2D eigenvalue weighted by molar-refractivity contribution is 5.78. The van der Waals surface area contributed by atoms with Crippen molar-refractivity contribution in [2.24, 2.45) is 5.92 Å². The van der Waals surface area contributed by atoms with E-state index in [9.17, 15) is 4.79 Å². The number of carbonyl (C=O) groups is 1. The smallest absolute Gasteiger partial charge is 0.133 e. The molecule has 0 saturated heterocycles. The highest BCUT2D eigenvalue weighted by Crippen LogP contribution is 2.15. The van der Waals surface area contributed by atoms with Gasteiger partial charge in [-0.25, -0.2) is 0 Å². The van der Waals surface area contributed by atoms with Gasteiger partial charge in [-0.15, -0.1) is 0 Å². The summed E-state index contributed by atoms with van der Waals surface area (Å²) in [6.07, 6.45) is 16.2. The summed E-state index contributed by atoms with van der Waals surface area (Å²) < 4.78 is 0. The van der Waals surface area contributed by atoms with Gasteiger partial charge in [-0.3, -0.25) is 4.79 Å². The third-order valence-electron chi connectivity index (χ3n) is 3.36. The number of hydrogen-bond acceptors (Lipinski definition) is 1. The summed E-state index contributed by atoms with van der Waals surface area (Å²) in [7, 11) is 0. The van der Waals surface area contributed by atoms with Crippen LogP contribution in [-0.2, 0) is 4.79 Å². The minimum Gasteiger partial charge on any atom is -0.300 e. The lowest BCUT2D eigenvalue weighted by Crippen LogP contribution is -2.04. The van der Waals surface area contributed by atoms with Gasteiger partial charge >= 0.3 is 0 Å². The lowest BCUT2D eigenvalue weighted by atomic mass is 9.97. The lowest BCUT2D eigenvalue weighted by molar-refractivity contribution is -0.119. The second kappa shape index (κ2) is 8.55. The fraction of sp³-hybridized carbons (Fsp3) is 0.800. The van der Waals surface area contributed by atoms with E-state index in [2.05, 4.69) is 19.1 Å². The van der Waals surface area contributed by atoms with Crippen LogP contribution >= 0.6 is 0 Å². The zero-order valence-corrected chi connectivity index (χ0v) is 10.7. The van der Waals surface area contributed by atoms with Crippen molar-refractivity contribution in [1.82, 2.24) is 0 Å². The Bertz CT molecular complexity index is 217. The molecule has 1 aliphatic rings. The summed E-state index contributed by atoms with van der Waals surface area (Å²) in [6.45, 7) is 2.19. The molecule has 0 spiro atoms. The average Bonchev–Trinajstić information content (AvgIpc) is 2.25. The van der Waals surface area contributed by atoms with Gasteiger partial charge in [-0.1, -0.05) is 44.8 Å². The normalized spacial score (nSPS) is 26.3. The van der Waals surface area contributed by atoms with Crippen molar-refractivity contribution in [1.29, 1.82) is 0 Å².